The number of benzene rings is 2. The molecular formula is C18H23NO. The number of hydrogen-bond acceptors (Lipinski definition) is 2. The Bertz CT molecular complexity index is 576. The average molecular weight is 269 g/mol. The summed E-state index contributed by atoms with van der Waals surface area (Å²) in [6, 6.07) is 15.9. The predicted octanol–water partition coefficient (Wildman–Crippen LogP) is 3.65. The van der Waals surface area contributed by atoms with Gasteiger partial charge in [-0.1, -0.05) is 36.4 Å². The summed E-state index contributed by atoms with van der Waals surface area (Å²) in [6.07, 6.45) is 3.48. The summed E-state index contributed by atoms with van der Waals surface area (Å²) < 4.78 is 0. The van der Waals surface area contributed by atoms with E-state index >= 15 is 0 Å². The molecule has 2 nitrogen and oxygen atoms in total. The number of hydrogen-bond donors (Lipinski definition) is 2. The first-order valence-electron chi connectivity index (χ1n) is 7.63. The maximum atomic E-state index is 9.20. The molecule has 1 aliphatic carbocycles. The topological polar surface area (TPSA) is 32.3 Å². The van der Waals surface area contributed by atoms with Crippen LogP contribution in [-0.4, -0.2) is 17.8 Å². The highest BCUT2D eigenvalue weighted by Crippen LogP contribution is 2.35. The average Bonchev–Trinajstić information content (AvgIpc) is 3.31. The van der Waals surface area contributed by atoms with Crippen molar-refractivity contribution >= 4 is 10.8 Å². The number of aliphatic hydroxyl groups is 1. The molecule has 0 heterocycles. The summed E-state index contributed by atoms with van der Waals surface area (Å²) in [7, 11) is 0. The molecule has 20 heavy (non-hydrogen) atoms. The SMILES string of the molecule is CC(NC(CCO)C1CC1)c1ccc2ccccc2c1. The van der Waals surface area contributed by atoms with Crippen molar-refractivity contribution in [2.45, 2.75) is 38.3 Å². The quantitative estimate of drug-likeness (QED) is 0.839. The van der Waals surface area contributed by atoms with Crippen LogP contribution in [0.25, 0.3) is 10.8 Å². The molecule has 1 fully saturated rings. The lowest BCUT2D eigenvalue weighted by Gasteiger charge is -2.23. The molecule has 2 heteroatoms. The molecule has 2 unspecified atom stereocenters. The second-order valence-electron chi connectivity index (χ2n) is 5.95. The molecule has 0 bridgehead atoms. The molecule has 0 saturated heterocycles. The number of rotatable bonds is 6. The smallest absolute Gasteiger partial charge is 0.0445 e. The van der Waals surface area contributed by atoms with Gasteiger partial charge in [-0.2, -0.15) is 0 Å². The lowest BCUT2D eigenvalue weighted by molar-refractivity contribution is 0.250. The second-order valence-corrected chi connectivity index (χ2v) is 5.95. The fraction of sp³-hybridized carbons (Fsp3) is 0.444. The van der Waals surface area contributed by atoms with Gasteiger partial charge >= 0.3 is 0 Å². The Morgan fingerprint density at radius 3 is 2.60 bits per heavy atom. The first kappa shape index (κ1) is 13.6. The normalized spacial score (nSPS) is 18.1. The molecule has 2 atom stereocenters. The van der Waals surface area contributed by atoms with Crippen molar-refractivity contribution in [3.8, 4) is 0 Å². The minimum Gasteiger partial charge on any atom is -0.396 e. The Labute approximate surface area is 120 Å². The van der Waals surface area contributed by atoms with Crippen molar-refractivity contribution in [1.29, 1.82) is 0 Å². The Balaban J connectivity index is 1.75. The van der Waals surface area contributed by atoms with Crippen LogP contribution in [0.4, 0.5) is 0 Å². The number of nitrogens with one attached hydrogen (secondary N) is 1. The molecule has 0 amide bonds. The maximum Gasteiger partial charge on any atom is 0.0445 e. The van der Waals surface area contributed by atoms with Crippen LogP contribution in [0.3, 0.4) is 0 Å². The molecule has 1 aliphatic rings. The zero-order valence-electron chi connectivity index (χ0n) is 12.0. The van der Waals surface area contributed by atoms with Crippen LogP contribution >= 0.6 is 0 Å². The van der Waals surface area contributed by atoms with Crippen molar-refractivity contribution in [1.82, 2.24) is 5.32 Å². The molecular weight excluding hydrogens is 246 g/mol. The van der Waals surface area contributed by atoms with E-state index in [1.807, 2.05) is 0 Å². The van der Waals surface area contributed by atoms with Gasteiger partial charge in [0.1, 0.15) is 0 Å². The molecule has 2 N–H and O–H groups in total. The summed E-state index contributed by atoms with van der Waals surface area (Å²) in [5.41, 5.74) is 1.33. The van der Waals surface area contributed by atoms with Crippen LogP contribution in [0.1, 0.15) is 37.8 Å². The summed E-state index contributed by atoms with van der Waals surface area (Å²) in [4.78, 5) is 0. The highest BCUT2D eigenvalue weighted by atomic mass is 16.3. The minimum atomic E-state index is 0.276. The van der Waals surface area contributed by atoms with E-state index in [4.69, 9.17) is 0 Å². The molecule has 106 valence electrons. The van der Waals surface area contributed by atoms with E-state index in [9.17, 15) is 5.11 Å². The van der Waals surface area contributed by atoms with Crippen molar-refractivity contribution in [3.05, 3.63) is 48.0 Å². The highest BCUT2D eigenvalue weighted by Gasteiger charge is 2.31. The van der Waals surface area contributed by atoms with E-state index in [1.165, 1.54) is 29.2 Å². The Hall–Kier alpha value is -1.38. The number of fused-ring (bicyclic) bond motifs is 1. The molecule has 0 spiro atoms. The van der Waals surface area contributed by atoms with Gasteiger partial charge in [0, 0.05) is 18.7 Å². The zero-order valence-corrected chi connectivity index (χ0v) is 12.0. The van der Waals surface area contributed by atoms with Crippen molar-refractivity contribution in [3.63, 3.8) is 0 Å². The van der Waals surface area contributed by atoms with E-state index in [2.05, 4.69) is 54.7 Å². The van der Waals surface area contributed by atoms with Gasteiger partial charge in [-0.15, -0.1) is 0 Å². The largest absolute Gasteiger partial charge is 0.396 e. The molecule has 0 aliphatic heterocycles. The van der Waals surface area contributed by atoms with Crippen LogP contribution in [0.15, 0.2) is 42.5 Å². The fourth-order valence-electron chi connectivity index (χ4n) is 2.99. The molecule has 2 aromatic rings. The maximum absolute atomic E-state index is 9.20. The number of aliphatic hydroxyl groups excluding tert-OH is 1. The Morgan fingerprint density at radius 2 is 1.90 bits per heavy atom. The van der Waals surface area contributed by atoms with Crippen molar-refractivity contribution in [2.75, 3.05) is 6.61 Å². The van der Waals surface area contributed by atoms with E-state index in [1.54, 1.807) is 0 Å². The van der Waals surface area contributed by atoms with E-state index in [-0.39, 0.29) is 6.61 Å². The zero-order chi connectivity index (χ0) is 13.9. The monoisotopic (exact) mass is 269 g/mol. The molecule has 0 aromatic heterocycles. The van der Waals surface area contributed by atoms with Crippen LogP contribution in [0.2, 0.25) is 0 Å². The first-order chi connectivity index (χ1) is 9.78. The van der Waals surface area contributed by atoms with E-state index in [0.717, 1.165) is 12.3 Å². The first-order valence-corrected chi connectivity index (χ1v) is 7.63. The highest BCUT2D eigenvalue weighted by molar-refractivity contribution is 5.83. The van der Waals surface area contributed by atoms with Gasteiger partial charge in [0.15, 0.2) is 0 Å². The van der Waals surface area contributed by atoms with Gasteiger partial charge in [0.25, 0.3) is 0 Å². The lowest BCUT2D eigenvalue weighted by Crippen LogP contribution is -2.34. The summed E-state index contributed by atoms with van der Waals surface area (Å²) in [5.74, 6) is 0.769. The van der Waals surface area contributed by atoms with Gasteiger partial charge in [0.05, 0.1) is 0 Å². The van der Waals surface area contributed by atoms with Crippen LogP contribution < -0.4 is 5.32 Å². The third-order valence-corrected chi connectivity index (χ3v) is 4.37. The summed E-state index contributed by atoms with van der Waals surface area (Å²) in [6.45, 7) is 2.50. The summed E-state index contributed by atoms with van der Waals surface area (Å²) in [5, 5.41) is 15.5. The fourth-order valence-corrected chi connectivity index (χ4v) is 2.99. The third kappa shape index (κ3) is 3.02. The molecule has 3 rings (SSSR count). The van der Waals surface area contributed by atoms with Gasteiger partial charge in [-0.05, 0) is 54.5 Å². The van der Waals surface area contributed by atoms with Gasteiger partial charge in [-0.3, -0.25) is 0 Å². The standard InChI is InChI=1S/C18H23NO/c1-13(19-18(10-11-20)15-7-8-15)16-9-6-14-4-2-3-5-17(14)12-16/h2-6,9,12-13,15,18-20H,7-8,10-11H2,1H3. The van der Waals surface area contributed by atoms with E-state index in [0.29, 0.717) is 12.1 Å². The lowest BCUT2D eigenvalue weighted by atomic mass is 10.0. The Kier molecular flexibility index (Phi) is 4.04. The van der Waals surface area contributed by atoms with Crippen LogP contribution in [-0.2, 0) is 0 Å². The predicted molar refractivity (Wildman–Crippen MR) is 83.7 cm³/mol. The molecule has 1 saturated carbocycles. The minimum absolute atomic E-state index is 0.276. The van der Waals surface area contributed by atoms with Gasteiger partial charge < -0.3 is 10.4 Å². The van der Waals surface area contributed by atoms with E-state index < -0.39 is 0 Å². The van der Waals surface area contributed by atoms with Crippen molar-refractivity contribution in [2.24, 2.45) is 5.92 Å². The van der Waals surface area contributed by atoms with Crippen LogP contribution in [0.5, 0.6) is 0 Å². The van der Waals surface area contributed by atoms with Crippen molar-refractivity contribution < 1.29 is 5.11 Å². The second kappa shape index (κ2) is 5.94. The Morgan fingerprint density at radius 1 is 1.15 bits per heavy atom. The van der Waals surface area contributed by atoms with Gasteiger partial charge in [-0.25, -0.2) is 0 Å². The third-order valence-electron chi connectivity index (χ3n) is 4.37. The molecule has 2 aromatic carbocycles. The summed E-state index contributed by atoms with van der Waals surface area (Å²) >= 11 is 0. The van der Waals surface area contributed by atoms with Gasteiger partial charge in [0.2, 0.25) is 0 Å². The molecule has 0 radical (unpaired) electrons. The van der Waals surface area contributed by atoms with Crippen LogP contribution in [0, 0.1) is 5.92 Å².